The summed E-state index contributed by atoms with van der Waals surface area (Å²) in [4.78, 5) is 29.5. The summed E-state index contributed by atoms with van der Waals surface area (Å²) in [5, 5.41) is 9.97. The fourth-order valence-electron chi connectivity index (χ4n) is 3.15. The Kier molecular flexibility index (Phi) is 8.67. The topological polar surface area (TPSA) is 102 Å². The first kappa shape index (κ1) is 27.8. The predicted octanol–water partition coefficient (Wildman–Crippen LogP) is 5.07. The van der Waals surface area contributed by atoms with E-state index in [1.165, 1.54) is 16.8 Å². The van der Waals surface area contributed by atoms with Gasteiger partial charge in [0.05, 0.1) is 17.6 Å². The molecule has 3 aromatic rings. The van der Waals surface area contributed by atoms with Crippen molar-refractivity contribution in [3.63, 3.8) is 0 Å². The van der Waals surface area contributed by atoms with Crippen LogP contribution < -0.4 is 10.3 Å². The largest absolute Gasteiger partial charge is 0.485 e. The minimum atomic E-state index is -1.20. The summed E-state index contributed by atoms with van der Waals surface area (Å²) in [6, 6.07) is 3.92. The number of ether oxygens (including phenoxy) is 1. The quantitative estimate of drug-likeness (QED) is 0.409. The molecule has 0 radical (unpaired) electrons. The molecule has 11 heteroatoms. The molecule has 0 atom stereocenters. The fourth-order valence-corrected chi connectivity index (χ4v) is 3.35. The molecule has 0 saturated carbocycles. The summed E-state index contributed by atoms with van der Waals surface area (Å²) in [6.45, 7) is 8.07. The first-order valence-corrected chi connectivity index (χ1v) is 11.6. The molecule has 0 aliphatic rings. The molecule has 3 rings (SSSR count). The molecule has 37 heavy (non-hydrogen) atoms. The van der Waals surface area contributed by atoms with Crippen LogP contribution >= 0.6 is 11.6 Å². The number of halogens is 3. The number of nitrogens with zero attached hydrogens (tertiary/aromatic N) is 5. The van der Waals surface area contributed by atoms with Gasteiger partial charge >= 0.3 is 0 Å². The van der Waals surface area contributed by atoms with Gasteiger partial charge < -0.3 is 9.84 Å². The van der Waals surface area contributed by atoms with Crippen molar-refractivity contribution in [2.75, 3.05) is 0 Å². The van der Waals surface area contributed by atoms with Crippen LogP contribution in [0.2, 0.25) is 5.02 Å². The standard InChI is InChI=1S/C26H26ClF2N5O3/c1-6-17(20-7-8-30-25(33-20)26(4,5)36)11-31-15(2)13-34-16(3)9-22(23(27)24(34)35)37-14-21-19(29)10-18(28)12-32-21/h6-13,36H,14H2,1-5H3/b15-13+,17-6+,31-11-. The Hall–Kier alpha value is -3.76. The van der Waals surface area contributed by atoms with Crippen molar-refractivity contribution >= 4 is 29.6 Å². The van der Waals surface area contributed by atoms with E-state index in [0.29, 0.717) is 28.7 Å². The molecule has 0 aliphatic carbocycles. The van der Waals surface area contributed by atoms with E-state index < -0.39 is 22.8 Å². The SMILES string of the molecule is C\C=C(/C=N\C(C)=C\n1c(C)cc(OCc2ncc(F)cc2F)c(Cl)c1=O)c1ccnc(C(C)(C)O)n1. The summed E-state index contributed by atoms with van der Waals surface area (Å²) < 4.78 is 33.7. The summed E-state index contributed by atoms with van der Waals surface area (Å²) in [6.07, 6.45) is 7.35. The van der Waals surface area contributed by atoms with Gasteiger partial charge in [-0.2, -0.15) is 0 Å². The highest BCUT2D eigenvalue weighted by atomic mass is 35.5. The summed E-state index contributed by atoms with van der Waals surface area (Å²) in [7, 11) is 0. The lowest BCUT2D eigenvalue weighted by molar-refractivity contribution is 0.0686. The van der Waals surface area contributed by atoms with Crippen molar-refractivity contribution in [2.24, 2.45) is 4.99 Å². The van der Waals surface area contributed by atoms with E-state index in [1.807, 2.05) is 13.0 Å². The number of hydrogen-bond donors (Lipinski definition) is 1. The minimum absolute atomic E-state index is 0.0445. The Balaban J connectivity index is 1.82. The zero-order valence-corrected chi connectivity index (χ0v) is 21.7. The van der Waals surface area contributed by atoms with E-state index in [0.717, 1.165) is 6.20 Å². The van der Waals surface area contributed by atoms with Crippen molar-refractivity contribution in [3.05, 3.63) is 92.3 Å². The van der Waals surface area contributed by atoms with Crippen LogP contribution in [0, 0.1) is 18.6 Å². The van der Waals surface area contributed by atoms with Crippen molar-refractivity contribution in [3.8, 4) is 5.75 Å². The minimum Gasteiger partial charge on any atom is -0.485 e. The lowest BCUT2D eigenvalue weighted by atomic mass is 10.1. The average molecular weight is 530 g/mol. The molecule has 3 aromatic heterocycles. The zero-order chi connectivity index (χ0) is 27.3. The highest BCUT2D eigenvalue weighted by molar-refractivity contribution is 6.31. The smallest absolute Gasteiger partial charge is 0.277 e. The zero-order valence-electron chi connectivity index (χ0n) is 21.0. The highest BCUT2D eigenvalue weighted by Gasteiger charge is 2.20. The van der Waals surface area contributed by atoms with E-state index >= 15 is 0 Å². The van der Waals surface area contributed by atoms with Crippen LogP contribution in [0.1, 0.15) is 50.6 Å². The first-order chi connectivity index (χ1) is 17.4. The summed E-state index contributed by atoms with van der Waals surface area (Å²) in [5.74, 6) is -1.35. The van der Waals surface area contributed by atoms with E-state index in [9.17, 15) is 18.7 Å². The van der Waals surface area contributed by atoms with Gasteiger partial charge in [-0.3, -0.25) is 19.3 Å². The Morgan fingerprint density at radius 2 is 2.03 bits per heavy atom. The molecular formula is C26H26ClF2N5O3. The first-order valence-electron chi connectivity index (χ1n) is 11.2. The number of allylic oxidation sites excluding steroid dienone is 3. The molecule has 194 valence electrons. The second kappa shape index (κ2) is 11.5. The van der Waals surface area contributed by atoms with Crippen LogP contribution in [0.4, 0.5) is 8.78 Å². The number of aliphatic hydroxyl groups is 1. The third-order valence-electron chi connectivity index (χ3n) is 5.12. The fraction of sp³-hybridized carbons (Fsp3) is 0.269. The number of rotatable bonds is 8. The van der Waals surface area contributed by atoms with Gasteiger partial charge in [-0.1, -0.05) is 17.7 Å². The van der Waals surface area contributed by atoms with Crippen LogP contribution in [0.5, 0.6) is 5.75 Å². The van der Waals surface area contributed by atoms with Gasteiger partial charge in [0, 0.05) is 42.0 Å². The van der Waals surface area contributed by atoms with E-state index in [4.69, 9.17) is 16.3 Å². The molecule has 0 bridgehead atoms. The van der Waals surface area contributed by atoms with E-state index in [1.54, 1.807) is 46.2 Å². The molecular weight excluding hydrogens is 504 g/mol. The number of pyridine rings is 2. The van der Waals surface area contributed by atoms with Gasteiger partial charge in [-0.15, -0.1) is 0 Å². The molecule has 0 saturated heterocycles. The molecule has 0 spiro atoms. The Morgan fingerprint density at radius 3 is 2.68 bits per heavy atom. The van der Waals surface area contributed by atoms with Gasteiger partial charge in [0.15, 0.2) is 11.6 Å². The third kappa shape index (κ3) is 6.93. The second-order valence-corrected chi connectivity index (χ2v) is 8.99. The molecule has 0 fully saturated rings. The lowest BCUT2D eigenvalue weighted by Crippen LogP contribution is -2.20. The Morgan fingerprint density at radius 1 is 1.30 bits per heavy atom. The van der Waals surface area contributed by atoms with E-state index in [-0.39, 0.29) is 28.9 Å². The maximum Gasteiger partial charge on any atom is 0.277 e. The van der Waals surface area contributed by atoms with Crippen molar-refractivity contribution in [1.29, 1.82) is 0 Å². The van der Waals surface area contributed by atoms with Gasteiger partial charge in [0.2, 0.25) is 0 Å². The molecule has 0 aromatic carbocycles. The Labute approximate surface area is 217 Å². The molecule has 0 unspecified atom stereocenters. The molecule has 0 aliphatic heterocycles. The summed E-state index contributed by atoms with van der Waals surface area (Å²) in [5.41, 5.74) is 0.369. The van der Waals surface area contributed by atoms with Gasteiger partial charge in [0.1, 0.15) is 34.5 Å². The predicted molar refractivity (Wildman–Crippen MR) is 138 cm³/mol. The summed E-state index contributed by atoms with van der Waals surface area (Å²) >= 11 is 6.22. The maximum atomic E-state index is 13.8. The van der Waals surface area contributed by atoms with Crippen molar-refractivity contribution in [2.45, 2.75) is 46.8 Å². The second-order valence-electron chi connectivity index (χ2n) is 8.61. The monoisotopic (exact) mass is 529 g/mol. The van der Waals surface area contributed by atoms with Crippen LogP contribution in [0.3, 0.4) is 0 Å². The Bertz CT molecular complexity index is 1460. The van der Waals surface area contributed by atoms with Gasteiger partial charge in [-0.05, 0) is 40.7 Å². The number of hydrogen-bond acceptors (Lipinski definition) is 7. The van der Waals surface area contributed by atoms with Gasteiger partial charge in [-0.25, -0.2) is 18.7 Å². The van der Waals surface area contributed by atoms with Crippen LogP contribution in [-0.4, -0.2) is 30.8 Å². The maximum absolute atomic E-state index is 13.8. The highest BCUT2D eigenvalue weighted by Crippen LogP contribution is 2.24. The third-order valence-corrected chi connectivity index (χ3v) is 5.47. The molecule has 0 amide bonds. The van der Waals surface area contributed by atoms with Crippen LogP contribution in [0.15, 0.2) is 52.2 Å². The van der Waals surface area contributed by atoms with E-state index in [2.05, 4.69) is 19.9 Å². The van der Waals surface area contributed by atoms with Gasteiger partial charge in [0.25, 0.3) is 5.56 Å². The van der Waals surface area contributed by atoms with Crippen molar-refractivity contribution in [1.82, 2.24) is 19.5 Å². The van der Waals surface area contributed by atoms with Crippen molar-refractivity contribution < 1.29 is 18.6 Å². The number of aliphatic imine (C=N–C) groups is 1. The van der Waals surface area contributed by atoms with Crippen LogP contribution in [-0.2, 0) is 12.2 Å². The normalized spacial score (nSPS) is 12.9. The molecule has 1 N–H and O–H groups in total. The molecule has 3 heterocycles. The number of aromatic nitrogens is 4. The molecule has 8 nitrogen and oxygen atoms in total. The lowest BCUT2D eigenvalue weighted by Gasteiger charge is -2.15. The average Bonchev–Trinajstić information content (AvgIpc) is 2.84. The van der Waals surface area contributed by atoms with Crippen LogP contribution in [0.25, 0.3) is 11.8 Å². The number of aryl methyl sites for hydroxylation is 1.